The fraction of sp³-hybridized carbons (Fsp3) is 0.909. The minimum absolute atomic E-state index is 0.114. The maximum atomic E-state index is 12.2. The van der Waals surface area contributed by atoms with Gasteiger partial charge in [-0.3, -0.25) is 4.79 Å². The van der Waals surface area contributed by atoms with Gasteiger partial charge in [-0.2, -0.15) is 0 Å². The van der Waals surface area contributed by atoms with Crippen molar-refractivity contribution >= 4 is 5.91 Å². The number of carbonyl (C=O) groups is 1. The van der Waals surface area contributed by atoms with E-state index in [1.807, 2.05) is 18.7 Å². The molecule has 1 rings (SSSR count). The van der Waals surface area contributed by atoms with Crippen LogP contribution in [0.1, 0.15) is 33.6 Å². The summed E-state index contributed by atoms with van der Waals surface area (Å²) in [6, 6.07) is 0. The van der Waals surface area contributed by atoms with E-state index in [-0.39, 0.29) is 5.41 Å². The van der Waals surface area contributed by atoms with Crippen LogP contribution in [-0.2, 0) is 4.79 Å². The lowest BCUT2D eigenvalue weighted by molar-refractivity contribution is -0.142. The molecular weight excluding hydrogens is 176 g/mol. The molecule has 0 saturated carbocycles. The molecule has 3 heteroatoms. The smallest absolute Gasteiger partial charge is 0.228 e. The molecular formula is C11H22N2O. The van der Waals surface area contributed by atoms with Gasteiger partial charge in [0.15, 0.2) is 0 Å². The molecule has 82 valence electrons. The second kappa shape index (κ2) is 4.78. The van der Waals surface area contributed by atoms with Crippen molar-refractivity contribution < 1.29 is 4.79 Å². The first-order valence-electron chi connectivity index (χ1n) is 5.64. The maximum absolute atomic E-state index is 12.2. The van der Waals surface area contributed by atoms with Crippen molar-refractivity contribution in [2.75, 3.05) is 26.2 Å². The zero-order chi connectivity index (χ0) is 10.6. The van der Waals surface area contributed by atoms with Gasteiger partial charge in [-0.1, -0.05) is 6.92 Å². The zero-order valence-electron chi connectivity index (χ0n) is 9.60. The highest BCUT2D eigenvalue weighted by Crippen LogP contribution is 2.30. The average molecular weight is 198 g/mol. The number of nitrogens with one attached hydrogen (secondary N) is 1. The van der Waals surface area contributed by atoms with E-state index < -0.39 is 0 Å². The standard InChI is InChI=1S/C11H22N2O/c1-4-13(5-2)10(14)11(3)6-8-12-9-7-11/h12H,4-9H2,1-3H3. The molecule has 1 aliphatic rings. The van der Waals surface area contributed by atoms with Crippen molar-refractivity contribution in [3.8, 4) is 0 Å². The third kappa shape index (κ3) is 2.27. The fourth-order valence-electron chi connectivity index (χ4n) is 2.08. The lowest BCUT2D eigenvalue weighted by Crippen LogP contribution is -2.47. The lowest BCUT2D eigenvalue weighted by Gasteiger charge is -2.36. The van der Waals surface area contributed by atoms with Gasteiger partial charge < -0.3 is 10.2 Å². The van der Waals surface area contributed by atoms with E-state index in [1.54, 1.807) is 0 Å². The second-order valence-corrected chi connectivity index (χ2v) is 4.29. The van der Waals surface area contributed by atoms with Crippen LogP contribution in [-0.4, -0.2) is 37.0 Å². The summed E-state index contributed by atoms with van der Waals surface area (Å²) >= 11 is 0. The summed E-state index contributed by atoms with van der Waals surface area (Å²) in [4.78, 5) is 14.1. The summed E-state index contributed by atoms with van der Waals surface area (Å²) in [7, 11) is 0. The molecule has 1 saturated heterocycles. The van der Waals surface area contributed by atoms with Crippen LogP contribution in [0.5, 0.6) is 0 Å². The van der Waals surface area contributed by atoms with E-state index in [2.05, 4.69) is 12.2 Å². The van der Waals surface area contributed by atoms with Gasteiger partial charge >= 0.3 is 0 Å². The highest BCUT2D eigenvalue weighted by atomic mass is 16.2. The van der Waals surface area contributed by atoms with Gasteiger partial charge in [0.1, 0.15) is 0 Å². The first kappa shape index (κ1) is 11.5. The highest BCUT2D eigenvalue weighted by molar-refractivity contribution is 5.82. The van der Waals surface area contributed by atoms with Crippen LogP contribution in [0.4, 0.5) is 0 Å². The number of hydrogen-bond acceptors (Lipinski definition) is 2. The fourth-order valence-corrected chi connectivity index (χ4v) is 2.08. The third-order valence-corrected chi connectivity index (χ3v) is 3.27. The van der Waals surface area contributed by atoms with Crippen molar-refractivity contribution in [2.45, 2.75) is 33.6 Å². The van der Waals surface area contributed by atoms with Crippen LogP contribution in [0.25, 0.3) is 0 Å². The molecule has 0 aliphatic carbocycles. The average Bonchev–Trinajstić information content (AvgIpc) is 2.20. The molecule has 1 aliphatic heterocycles. The van der Waals surface area contributed by atoms with Gasteiger partial charge in [0.25, 0.3) is 0 Å². The summed E-state index contributed by atoms with van der Waals surface area (Å²) in [6.45, 7) is 9.82. The van der Waals surface area contributed by atoms with Crippen molar-refractivity contribution in [3.05, 3.63) is 0 Å². The summed E-state index contributed by atoms with van der Waals surface area (Å²) in [5.74, 6) is 0.337. The Morgan fingerprint density at radius 2 is 1.79 bits per heavy atom. The molecule has 0 atom stereocenters. The van der Waals surface area contributed by atoms with Crippen molar-refractivity contribution in [3.63, 3.8) is 0 Å². The summed E-state index contributed by atoms with van der Waals surface area (Å²) in [5, 5.41) is 3.30. The number of hydrogen-bond donors (Lipinski definition) is 1. The van der Waals surface area contributed by atoms with Crippen LogP contribution in [0.2, 0.25) is 0 Å². The van der Waals surface area contributed by atoms with E-state index in [1.165, 1.54) is 0 Å². The Balaban J connectivity index is 2.64. The predicted molar refractivity (Wildman–Crippen MR) is 58.1 cm³/mol. The van der Waals surface area contributed by atoms with Crippen LogP contribution in [0.3, 0.4) is 0 Å². The summed E-state index contributed by atoms with van der Waals surface area (Å²) in [6.07, 6.45) is 1.95. The molecule has 0 unspecified atom stereocenters. The molecule has 0 aromatic rings. The Hall–Kier alpha value is -0.570. The molecule has 0 aromatic heterocycles. The number of piperidine rings is 1. The maximum Gasteiger partial charge on any atom is 0.228 e. The summed E-state index contributed by atoms with van der Waals surface area (Å²) < 4.78 is 0. The van der Waals surface area contributed by atoms with Crippen LogP contribution in [0, 0.1) is 5.41 Å². The second-order valence-electron chi connectivity index (χ2n) is 4.29. The van der Waals surface area contributed by atoms with Crippen molar-refractivity contribution in [2.24, 2.45) is 5.41 Å². The summed E-state index contributed by atoms with van der Waals surface area (Å²) in [5.41, 5.74) is -0.114. The van der Waals surface area contributed by atoms with Crippen LogP contribution in [0.15, 0.2) is 0 Å². The van der Waals surface area contributed by atoms with E-state index in [4.69, 9.17) is 0 Å². The van der Waals surface area contributed by atoms with Crippen LogP contribution >= 0.6 is 0 Å². The molecule has 1 heterocycles. The molecule has 1 N–H and O–H groups in total. The number of nitrogens with zero attached hydrogens (tertiary/aromatic N) is 1. The number of rotatable bonds is 3. The van der Waals surface area contributed by atoms with E-state index in [9.17, 15) is 4.79 Å². The van der Waals surface area contributed by atoms with Gasteiger partial charge in [0, 0.05) is 18.5 Å². The Morgan fingerprint density at radius 1 is 1.29 bits per heavy atom. The Labute approximate surface area is 86.9 Å². The largest absolute Gasteiger partial charge is 0.343 e. The van der Waals surface area contributed by atoms with E-state index in [0.29, 0.717) is 5.91 Å². The van der Waals surface area contributed by atoms with Gasteiger partial charge in [-0.15, -0.1) is 0 Å². The van der Waals surface area contributed by atoms with Crippen molar-refractivity contribution in [1.82, 2.24) is 10.2 Å². The highest BCUT2D eigenvalue weighted by Gasteiger charge is 2.36. The van der Waals surface area contributed by atoms with Gasteiger partial charge in [-0.25, -0.2) is 0 Å². The van der Waals surface area contributed by atoms with Gasteiger partial charge in [-0.05, 0) is 39.8 Å². The Kier molecular flexibility index (Phi) is 3.93. The van der Waals surface area contributed by atoms with Crippen molar-refractivity contribution in [1.29, 1.82) is 0 Å². The first-order chi connectivity index (χ1) is 6.64. The third-order valence-electron chi connectivity index (χ3n) is 3.27. The minimum atomic E-state index is -0.114. The van der Waals surface area contributed by atoms with E-state index >= 15 is 0 Å². The normalized spacial score (nSPS) is 20.5. The quantitative estimate of drug-likeness (QED) is 0.740. The molecule has 0 radical (unpaired) electrons. The molecule has 0 spiro atoms. The minimum Gasteiger partial charge on any atom is -0.343 e. The SMILES string of the molecule is CCN(CC)C(=O)C1(C)CCNCC1. The Morgan fingerprint density at radius 3 is 2.21 bits per heavy atom. The molecule has 0 bridgehead atoms. The zero-order valence-corrected chi connectivity index (χ0v) is 9.60. The topological polar surface area (TPSA) is 32.3 Å². The van der Waals surface area contributed by atoms with Crippen LogP contribution < -0.4 is 5.32 Å². The molecule has 0 aromatic carbocycles. The predicted octanol–water partition coefficient (Wildman–Crippen LogP) is 1.24. The van der Waals surface area contributed by atoms with Gasteiger partial charge in [0.2, 0.25) is 5.91 Å². The molecule has 1 amide bonds. The molecule has 3 nitrogen and oxygen atoms in total. The van der Waals surface area contributed by atoms with Gasteiger partial charge in [0.05, 0.1) is 0 Å². The Bertz CT molecular complexity index is 193. The first-order valence-corrected chi connectivity index (χ1v) is 5.64. The number of carbonyl (C=O) groups excluding carboxylic acids is 1. The molecule has 1 fully saturated rings. The monoisotopic (exact) mass is 198 g/mol. The lowest BCUT2D eigenvalue weighted by atomic mass is 9.79. The number of amides is 1. The van der Waals surface area contributed by atoms with E-state index in [0.717, 1.165) is 39.0 Å². The molecule has 14 heavy (non-hydrogen) atoms.